The topological polar surface area (TPSA) is 86.8 Å². The molecule has 1 N–H and O–H groups in total. The van der Waals surface area contributed by atoms with Crippen LogP contribution in [0.1, 0.15) is 67.2 Å². The minimum atomic E-state index is -3.63. The first-order valence-electron chi connectivity index (χ1n) is 15.4. The molecule has 0 spiro atoms. The van der Waals surface area contributed by atoms with Gasteiger partial charge in [0.25, 0.3) is 0 Å². The van der Waals surface area contributed by atoms with Gasteiger partial charge in [-0.25, -0.2) is 8.42 Å². The summed E-state index contributed by atoms with van der Waals surface area (Å²) in [5, 5.41) is 3.70. The van der Waals surface area contributed by atoms with Crippen LogP contribution in [0.4, 0.5) is 5.69 Å². The van der Waals surface area contributed by atoms with Gasteiger partial charge < -0.3 is 10.2 Å². The summed E-state index contributed by atoms with van der Waals surface area (Å²) in [6.07, 6.45) is 7.14. The number of aryl methyl sites for hydroxylation is 2. The Morgan fingerprint density at radius 3 is 2.27 bits per heavy atom. The lowest BCUT2D eigenvalue weighted by Gasteiger charge is -2.34. The van der Waals surface area contributed by atoms with E-state index in [1.807, 2.05) is 68.4 Å². The van der Waals surface area contributed by atoms with E-state index in [0.717, 1.165) is 54.2 Å². The van der Waals surface area contributed by atoms with Gasteiger partial charge in [-0.2, -0.15) is 0 Å². The molecule has 236 valence electrons. The molecule has 3 aromatic carbocycles. The summed E-state index contributed by atoms with van der Waals surface area (Å²) in [6.45, 7) is 4.23. The van der Waals surface area contributed by atoms with Crippen molar-refractivity contribution >= 4 is 39.1 Å². The number of rotatable bonds is 13. The SMILES string of the molecule is Cc1ccc(CN(C(=O)CCCN(c2cc(Cl)ccc2C)S(C)(=O)=O)[C@@H](Cc2ccccc2)C(=O)NC2CCCCC2)cc1. The second-order valence-corrected chi connectivity index (χ2v) is 14.3. The Balaban J connectivity index is 1.60. The molecule has 44 heavy (non-hydrogen) atoms. The molecule has 1 aliphatic carbocycles. The highest BCUT2D eigenvalue weighted by Crippen LogP contribution is 2.27. The number of hydrogen-bond donors (Lipinski definition) is 1. The van der Waals surface area contributed by atoms with Crippen molar-refractivity contribution in [3.63, 3.8) is 0 Å². The number of carbonyl (C=O) groups excluding carboxylic acids is 2. The number of nitrogens with zero attached hydrogens (tertiary/aromatic N) is 2. The third-order valence-corrected chi connectivity index (χ3v) is 9.70. The zero-order valence-corrected chi connectivity index (χ0v) is 27.5. The van der Waals surface area contributed by atoms with E-state index in [4.69, 9.17) is 11.6 Å². The Morgan fingerprint density at radius 1 is 0.932 bits per heavy atom. The molecule has 1 aliphatic rings. The maximum atomic E-state index is 14.1. The molecule has 0 bridgehead atoms. The molecule has 1 atom stereocenters. The van der Waals surface area contributed by atoms with E-state index >= 15 is 0 Å². The summed E-state index contributed by atoms with van der Waals surface area (Å²) in [6, 6.07) is 22.3. The van der Waals surface area contributed by atoms with E-state index in [2.05, 4.69) is 5.32 Å². The summed E-state index contributed by atoms with van der Waals surface area (Å²) in [4.78, 5) is 29.7. The lowest BCUT2D eigenvalue weighted by atomic mass is 9.94. The van der Waals surface area contributed by atoms with Gasteiger partial charge in [0.05, 0.1) is 11.9 Å². The van der Waals surface area contributed by atoms with Crippen molar-refractivity contribution in [2.75, 3.05) is 17.1 Å². The summed E-state index contributed by atoms with van der Waals surface area (Å²) < 4.78 is 26.9. The van der Waals surface area contributed by atoms with Crippen LogP contribution in [0.5, 0.6) is 0 Å². The highest BCUT2D eigenvalue weighted by Gasteiger charge is 2.32. The summed E-state index contributed by atoms with van der Waals surface area (Å²) in [7, 11) is -3.63. The van der Waals surface area contributed by atoms with Gasteiger partial charge in [0.2, 0.25) is 21.8 Å². The van der Waals surface area contributed by atoms with Gasteiger partial charge >= 0.3 is 0 Å². The number of amides is 2. The Morgan fingerprint density at radius 2 is 1.61 bits per heavy atom. The monoisotopic (exact) mass is 637 g/mol. The molecule has 2 amide bonds. The highest BCUT2D eigenvalue weighted by atomic mass is 35.5. The Labute approximate surface area is 267 Å². The number of anilines is 1. The first kappa shape index (κ1) is 33.5. The van der Waals surface area contributed by atoms with Crippen molar-refractivity contribution < 1.29 is 18.0 Å². The number of hydrogen-bond acceptors (Lipinski definition) is 4. The molecular formula is C35H44ClN3O4S. The maximum Gasteiger partial charge on any atom is 0.243 e. The van der Waals surface area contributed by atoms with Crippen LogP contribution in [-0.2, 0) is 32.6 Å². The Bertz CT molecular complexity index is 1510. The fourth-order valence-corrected chi connectivity index (χ4v) is 7.00. The summed E-state index contributed by atoms with van der Waals surface area (Å²) in [5.74, 6) is -0.338. The van der Waals surface area contributed by atoms with Crippen LogP contribution in [0, 0.1) is 13.8 Å². The lowest BCUT2D eigenvalue weighted by Crippen LogP contribution is -2.52. The molecule has 0 heterocycles. The second-order valence-electron chi connectivity index (χ2n) is 11.9. The Kier molecular flexibility index (Phi) is 11.9. The van der Waals surface area contributed by atoms with Crippen LogP contribution in [0.2, 0.25) is 5.02 Å². The molecule has 9 heteroatoms. The van der Waals surface area contributed by atoms with Gasteiger partial charge in [0, 0.05) is 37.0 Å². The van der Waals surface area contributed by atoms with Crippen molar-refractivity contribution in [2.45, 2.75) is 83.8 Å². The number of benzene rings is 3. The fourth-order valence-electron chi connectivity index (χ4n) is 5.82. The van der Waals surface area contributed by atoms with Crippen LogP contribution in [-0.4, -0.2) is 50.0 Å². The van der Waals surface area contributed by atoms with Gasteiger partial charge in [0.1, 0.15) is 6.04 Å². The number of sulfonamides is 1. The van der Waals surface area contributed by atoms with Gasteiger partial charge in [0.15, 0.2) is 0 Å². The zero-order chi connectivity index (χ0) is 31.7. The maximum absolute atomic E-state index is 14.1. The smallest absolute Gasteiger partial charge is 0.243 e. The highest BCUT2D eigenvalue weighted by molar-refractivity contribution is 7.92. The second kappa shape index (κ2) is 15.6. The van der Waals surface area contributed by atoms with E-state index in [1.165, 1.54) is 10.7 Å². The van der Waals surface area contributed by atoms with E-state index in [-0.39, 0.29) is 43.8 Å². The average Bonchev–Trinajstić information content (AvgIpc) is 2.99. The van der Waals surface area contributed by atoms with E-state index in [0.29, 0.717) is 17.1 Å². The molecule has 0 aliphatic heterocycles. The van der Waals surface area contributed by atoms with Gasteiger partial charge in [-0.15, -0.1) is 0 Å². The first-order valence-corrected chi connectivity index (χ1v) is 17.7. The molecule has 1 saturated carbocycles. The van der Waals surface area contributed by atoms with E-state index in [1.54, 1.807) is 23.1 Å². The van der Waals surface area contributed by atoms with Crippen molar-refractivity contribution in [1.29, 1.82) is 0 Å². The minimum absolute atomic E-state index is 0.0828. The molecule has 0 aromatic heterocycles. The standard InChI is InChI=1S/C35H44ClN3O4S/c1-26-16-19-29(20-17-26)25-38(33(23-28-11-6-4-7-12-28)35(41)37-31-13-8-5-9-14-31)34(40)15-10-22-39(44(3,42)43)32-24-30(36)21-18-27(32)2/h4,6-7,11-12,16-21,24,31,33H,5,8-10,13-15,22-23,25H2,1-3H3,(H,37,41)/t33-/m0/s1. The van der Waals surface area contributed by atoms with Gasteiger partial charge in [-0.3, -0.25) is 13.9 Å². The summed E-state index contributed by atoms with van der Waals surface area (Å²) >= 11 is 6.20. The quantitative estimate of drug-likeness (QED) is 0.229. The van der Waals surface area contributed by atoms with Crippen LogP contribution >= 0.6 is 11.6 Å². The zero-order valence-electron chi connectivity index (χ0n) is 26.0. The van der Waals surface area contributed by atoms with Gasteiger partial charge in [-0.05, 0) is 61.9 Å². The van der Waals surface area contributed by atoms with Crippen molar-refractivity contribution in [3.8, 4) is 0 Å². The molecule has 7 nitrogen and oxygen atoms in total. The van der Waals surface area contributed by atoms with Crippen molar-refractivity contribution in [1.82, 2.24) is 10.2 Å². The third-order valence-electron chi connectivity index (χ3n) is 8.29. The normalized spacial score (nSPS) is 14.5. The lowest BCUT2D eigenvalue weighted by molar-refractivity contribution is -0.141. The molecule has 1 fully saturated rings. The van der Waals surface area contributed by atoms with Gasteiger partial charge in [-0.1, -0.05) is 97.1 Å². The number of halogens is 1. The third kappa shape index (κ3) is 9.57. The predicted molar refractivity (Wildman–Crippen MR) is 178 cm³/mol. The fraction of sp³-hybridized carbons (Fsp3) is 0.429. The first-order chi connectivity index (χ1) is 21.0. The molecular weight excluding hydrogens is 594 g/mol. The van der Waals surface area contributed by atoms with Crippen LogP contribution < -0.4 is 9.62 Å². The number of carbonyl (C=O) groups is 2. The van der Waals surface area contributed by atoms with E-state index in [9.17, 15) is 18.0 Å². The van der Waals surface area contributed by atoms with E-state index < -0.39 is 16.1 Å². The van der Waals surface area contributed by atoms with Crippen LogP contribution in [0.3, 0.4) is 0 Å². The molecule has 4 rings (SSSR count). The van der Waals surface area contributed by atoms with Crippen LogP contribution in [0.15, 0.2) is 72.8 Å². The average molecular weight is 638 g/mol. The number of nitrogens with one attached hydrogen (secondary N) is 1. The molecule has 0 saturated heterocycles. The van der Waals surface area contributed by atoms with Crippen molar-refractivity contribution in [2.24, 2.45) is 0 Å². The molecule has 0 radical (unpaired) electrons. The Hall–Kier alpha value is -3.36. The van der Waals surface area contributed by atoms with Crippen LogP contribution in [0.25, 0.3) is 0 Å². The minimum Gasteiger partial charge on any atom is -0.352 e. The molecule has 3 aromatic rings. The summed E-state index contributed by atoms with van der Waals surface area (Å²) in [5.41, 5.74) is 4.28. The predicted octanol–water partition coefficient (Wildman–Crippen LogP) is 6.59. The molecule has 0 unspecified atom stereocenters. The van der Waals surface area contributed by atoms with Crippen molar-refractivity contribution in [3.05, 3.63) is 100 Å². The largest absolute Gasteiger partial charge is 0.352 e.